The van der Waals surface area contributed by atoms with Gasteiger partial charge in [0.15, 0.2) is 0 Å². The van der Waals surface area contributed by atoms with Gasteiger partial charge in [0, 0.05) is 32.2 Å². The maximum Gasteiger partial charge on any atom is 0.274 e. The zero-order valence-corrected chi connectivity index (χ0v) is 13.2. The zero-order valence-electron chi connectivity index (χ0n) is 13.2. The molecule has 0 bridgehead atoms. The van der Waals surface area contributed by atoms with Crippen LogP contribution in [0.5, 0.6) is 0 Å². The van der Waals surface area contributed by atoms with Crippen LogP contribution in [0.3, 0.4) is 0 Å². The fourth-order valence-corrected chi connectivity index (χ4v) is 2.93. The van der Waals surface area contributed by atoms with Crippen LogP contribution < -0.4 is 10.9 Å². The van der Waals surface area contributed by atoms with Crippen LogP contribution in [0.1, 0.15) is 18.5 Å². The van der Waals surface area contributed by atoms with Crippen molar-refractivity contribution in [3.63, 3.8) is 0 Å². The van der Waals surface area contributed by atoms with E-state index in [0.717, 1.165) is 31.4 Å². The maximum atomic E-state index is 12.2. The van der Waals surface area contributed by atoms with Crippen LogP contribution in [0.25, 0.3) is 10.8 Å². The van der Waals surface area contributed by atoms with Gasteiger partial charge >= 0.3 is 0 Å². The summed E-state index contributed by atoms with van der Waals surface area (Å²) in [6.45, 7) is 2.22. The van der Waals surface area contributed by atoms with Crippen LogP contribution in [0.15, 0.2) is 29.1 Å². The largest absolute Gasteiger partial charge is 0.381 e. The van der Waals surface area contributed by atoms with E-state index in [2.05, 4.69) is 10.4 Å². The van der Waals surface area contributed by atoms with E-state index in [1.54, 1.807) is 13.1 Å². The highest BCUT2D eigenvalue weighted by Gasteiger charge is 2.16. The van der Waals surface area contributed by atoms with Gasteiger partial charge < -0.3 is 10.1 Å². The van der Waals surface area contributed by atoms with E-state index in [4.69, 9.17) is 4.74 Å². The molecule has 0 radical (unpaired) electrons. The third kappa shape index (κ3) is 3.59. The predicted octanol–water partition coefficient (Wildman–Crippen LogP) is 1.02. The maximum absolute atomic E-state index is 12.2. The van der Waals surface area contributed by atoms with E-state index in [9.17, 15) is 9.59 Å². The number of hydrogen-bond donors (Lipinski definition) is 1. The van der Waals surface area contributed by atoms with Crippen molar-refractivity contribution >= 4 is 16.7 Å². The second kappa shape index (κ2) is 6.91. The number of aryl methyl sites for hydroxylation is 1. The van der Waals surface area contributed by atoms with E-state index in [0.29, 0.717) is 23.5 Å². The van der Waals surface area contributed by atoms with Gasteiger partial charge in [-0.3, -0.25) is 9.59 Å². The molecule has 122 valence electrons. The van der Waals surface area contributed by atoms with Crippen molar-refractivity contribution in [2.24, 2.45) is 13.0 Å². The molecule has 0 unspecified atom stereocenters. The molecule has 0 aliphatic carbocycles. The molecule has 2 aromatic rings. The number of carbonyl (C=O) groups is 1. The molecule has 1 saturated heterocycles. The molecule has 0 saturated carbocycles. The molecule has 1 aromatic carbocycles. The van der Waals surface area contributed by atoms with Gasteiger partial charge in [0.05, 0.1) is 17.5 Å². The number of aromatic nitrogens is 2. The first-order valence-corrected chi connectivity index (χ1v) is 7.94. The Bertz CT molecular complexity index is 763. The Morgan fingerprint density at radius 1 is 1.30 bits per heavy atom. The first kappa shape index (κ1) is 15.7. The van der Waals surface area contributed by atoms with E-state index >= 15 is 0 Å². The lowest BCUT2D eigenvalue weighted by Crippen LogP contribution is -2.33. The summed E-state index contributed by atoms with van der Waals surface area (Å²) >= 11 is 0. The number of benzene rings is 1. The second-order valence-electron chi connectivity index (χ2n) is 5.96. The van der Waals surface area contributed by atoms with Crippen molar-refractivity contribution < 1.29 is 9.53 Å². The summed E-state index contributed by atoms with van der Waals surface area (Å²) in [4.78, 5) is 24.3. The van der Waals surface area contributed by atoms with Crippen LogP contribution in [0.4, 0.5) is 0 Å². The molecule has 1 amide bonds. The van der Waals surface area contributed by atoms with Gasteiger partial charge in [0.25, 0.3) is 5.56 Å². The molecule has 6 nitrogen and oxygen atoms in total. The number of nitrogens with one attached hydrogen (secondary N) is 1. The summed E-state index contributed by atoms with van der Waals surface area (Å²) in [5.74, 6) is 0.422. The van der Waals surface area contributed by atoms with Gasteiger partial charge in [0.2, 0.25) is 5.91 Å². The molecule has 1 N–H and O–H groups in total. The van der Waals surface area contributed by atoms with Crippen molar-refractivity contribution in [3.05, 3.63) is 40.3 Å². The predicted molar refractivity (Wildman–Crippen MR) is 87.2 cm³/mol. The Morgan fingerprint density at radius 2 is 2.00 bits per heavy atom. The standard InChI is InChI=1S/C17H21N3O3/c1-20-17(22)14-5-3-2-4-13(14)15(19-20)10-16(21)18-11-12-6-8-23-9-7-12/h2-5,12H,6-11H2,1H3,(H,18,21). The highest BCUT2D eigenvalue weighted by atomic mass is 16.5. The zero-order chi connectivity index (χ0) is 16.2. The average Bonchev–Trinajstić information content (AvgIpc) is 2.58. The van der Waals surface area contributed by atoms with Gasteiger partial charge in [-0.2, -0.15) is 5.10 Å². The highest BCUT2D eigenvalue weighted by molar-refractivity contribution is 5.88. The quantitative estimate of drug-likeness (QED) is 0.914. The first-order valence-electron chi connectivity index (χ1n) is 7.94. The Labute approximate surface area is 134 Å². The summed E-state index contributed by atoms with van der Waals surface area (Å²) in [5.41, 5.74) is 0.485. The fourth-order valence-electron chi connectivity index (χ4n) is 2.93. The van der Waals surface area contributed by atoms with E-state index < -0.39 is 0 Å². The van der Waals surface area contributed by atoms with Crippen molar-refractivity contribution in [2.45, 2.75) is 19.3 Å². The normalized spacial score (nSPS) is 15.7. The average molecular weight is 315 g/mol. The van der Waals surface area contributed by atoms with E-state index in [1.165, 1.54) is 4.68 Å². The first-order chi connectivity index (χ1) is 11.1. The summed E-state index contributed by atoms with van der Waals surface area (Å²) in [7, 11) is 1.61. The van der Waals surface area contributed by atoms with Crippen molar-refractivity contribution in [3.8, 4) is 0 Å². The number of carbonyl (C=O) groups excluding carboxylic acids is 1. The van der Waals surface area contributed by atoms with E-state index in [-0.39, 0.29) is 17.9 Å². The summed E-state index contributed by atoms with van der Waals surface area (Å²) in [5, 5.41) is 8.58. The smallest absolute Gasteiger partial charge is 0.274 e. The third-order valence-corrected chi connectivity index (χ3v) is 4.29. The van der Waals surface area contributed by atoms with Gasteiger partial charge in [-0.05, 0) is 24.8 Å². The lowest BCUT2D eigenvalue weighted by molar-refractivity contribution is -0.120. The molecule has 1 aromatic heterocycles. The molecular weight excluding hydrogens is 294 g/mol. The second-order valence-corrected chi connectivity index (χ2v) is 5.96. The summed E-state index contributed by atoms with van der Waals surface area (Å²) in [6, 6.07) is 7.28. The third-order valence-electron chi connectivity index (χ3n) is 4.29. The Hall–Kier alpha value is -2.21. The molecule has 2 heterocycles. The number of nitrogens with zero attached hydrogens (tertiary/aromatic N) is 2. The molecule has 0 atom stereocenters. The van der Waals surface area contributed by atoms with Crippen molar-refractivity contribution in [1.82, 2.24) is 15.1 Å². The van der Waals surface area contributed by atoms with Gasteiger partial charge in [-0.25, -0.2) is 4.68 Å². The lowest BCUT2D eigenvalue weighted by atomic mass is 10.0. The fraction of sp³-hybridized carbons (Fsp3) is 0.471. The molecule has 0 spiro atoms. The SMILES string of the molecule is Cn1nc(CC(=O)NCC2CCOCC2)c2ccccc2c1=O. The summed E-state index contributed by atoms with van der Waals surface area (Å²) < 4.78 is 6.61. The van der Waals surface area contributed by atoms with Crippen LogP contribution in [0, 0.1) is 5.92 Å². The Kier molecular flexibility index (Phi) is 4.71. The molecule has 6 heteroatoms. The van der Waals surface area contributed by atoms with Crippen LogP contribution in [0.2, 0.25) is 0 Å². The highest BCUT2D eigenvalue weighted by Crippen LogP contribution is 2.15. The van der Waals surface area contributed by atoms with Gasteiger partial charge in [-0.1, -0.05) is 18.2 Å². The van der Waals surface area contributed by atoms with Gasteiger partial charge in [0.1, 0.15) is 0 Å². The topological polar surface area (TPSA) is 73.2 Å². The minimum absolute atomic E-state index is 0.0622. The lowest BCUT2D eigenvalue weighted by Gasteiger charge is -2.22. The van der Waals surface area contributed by atoms with Crippen LogP contribution in [-0.2, 0) is 23.0 Å². The van der Waals surface area contributed by atoms with E-state index in [1.807, 2.05) is 18.2 Å². The molecule has 1 fully saturated rings. The minimum atomic E-state index is -0.146. The summed E-state index contributed by atoms with van der Waals surface area (Å²) in [6.07, 6.45) is 2.15. The Morgan fingerprint density at radius 3 is 2.74 bits per heavy atom. The van der Waals surface area contributed by atoms with Crippen LogP contribution in [-0.4, -0.2) is 35.4 Å². The number of ether oxygens (including phenoxy) is 1. The number of hydrogen-bond acceptors (Lipinski definition) is 4. The molecule has 1 aliphatic rings. The van der Waals surface area contributed by atoms with Crippen molar-refractivity contribution in [1.29, 1.82) is 0 Å². The van der Waals surface area contributed by atoms with Crippen molar-refractivity contribution in [2.75, 3.05) is 19.8 Å². The number of rotatable bonds is 4. The monoisotopic (exact) mass is 315 g/mol. The molecular formula is C17H21N3O3. The minimum Gasteiger partial charge on any atom is -0.381 e. The Balaban J connectivity index is 1.72. The number of fused-ring (bicyclic) bond motifs is 1. The van der Waals surface area contributed by atoms with Crippen LogP contribution >= 0.6 is 0 Å². The number of amides is 1. The van der Waals surface area contributed by atoms with Gasteiger partial charge in [-0.15, -0.1) is 0 Å². The molecule has 3 rings (SSSR count). The molecule has 23 heavy (non-hydrogen) atoms. The molecule has 1 aliphatic heterocycles.